The molecule has 2 aromatic rings. The Bertz CT molecular complexity index is 1160. The molecule has 0 spiro atoms. The minimum atomic E-state index is -0.883. The number of nitrogens with zero attached hydrogens (tertiary/aromatic N) is 1. The lowest BCUT2D eigenvalue weighted by Gasteiger charge is -2.31. The lowest BCUT2D eigenvalue weighted by atomic mass is 9.80. The van der Waals surface area contributed by atoms with Crippen molar-refractivity contribution >= 4 is 39.2 Å². The highest BCUT2D eigenvalue weighted by molar-refractivity contribution is 8.76. The van der Waals surface area contributed by atoms with E-state index in [9.17, 15) is 19.7 Å². The molecule has 0 radical (unpaired) electrons. The number of benzene rings is 2. The lowest BCUT2D eigenvalue weighted by Crippen LogP contribution is -2.34. The molecule has 1 aliphatic heterocycles. The molecule has 0 bridgehead atoms. The van der Waals surface area contributed by atoms with Gasteiger partial charge in [0.15, 0.2) is 0 Å². The minimum Gasteiger partial charge on any atom is -0.463 e. The third kappa shape index (κ3) is 6.46. The Kier molecular flexibility index (Phi) is 9.39. The van der Waals surface area contributed by atoms with E-state index in [2.05, 4.69) is 5.32 Å². The SMILES string of the molecule is CCOC(=O)C1=C(C)NC(CSSc2ccccc2)=C(C(=O)OCC)C1c1cccc([N+](=O)[O-])c1. The van der Waals surface area contributed by atoms with E-state index >= 15 is 0 Å². The van der Waals surface area contributed by atoms with Gasteiger partial charge in [0.2, 0.25) is 0 Å². The molecule has 1 heterocycles. The van der Waals surface area contributed by atoms with Crippen LogP contribution in [0.2, 0.25) is 0 Å². The zero-order chi connectivity index (χ0) is 25.4. The molecule has 3 rings (SSSR count). The van der Waals surface area contributed by atoms with Gasteiger partial charge in [0.05, 0.1) is 35.2 Å². The van der Waals surface area contributed by atoms with Crippen LogP contribution in [0.3, 0.4) is 0 Å². The van der Waals surface area contributed by atoms with Crippen LogP contribution in [0.4, 0.5) is 5.69 Å². The van der Waals surface area contributed by atoms with Crippen molar-refractivity contribution in [1.82, 2.24) is 5.32 Å². The number of nitro groups is 1. The topological polar surface area (TPSA) is 108 Å². The molecule has 0 saturated carbocycles. The molecule has 2 aromatic carbocycles. The fourth-order valence-corrected chi connectivity index (χ4v) is 5.80. The number of esters is 2. The summed E-state index contributed by atoms with van der Waals surface area (Å²) in [7, 11) is 3.08. The van der Waals surface area contributed by atoms with Crippen LogP contribution >= 0.6 is 21.6 Å². The molecule has 1 aliphatic rings. The summed E-state index contributed by atoms with van der Waals surface area (Å²) in [5.41, 5.74) is 1.86. The fourth-order valence-electron chi connectivity index (χ4n) is 3.72. The van der Waals surface area contributed by atoms with Crippen LogP contribution in [-0.2, 0) is 19.1 Å². The van der Waals surface area contributed by atoms with Crippen LogP contribution in [0.15, 0.2) is 82.0 Å². The second kappa shape index (κ2) is 12.5. The Morgan fingerprint density at radius 2 is 1.66 bits per heavy atom. The Morgan fingerprint density at radius 3 is 2.29 bits per heavy atom. The van der Waals surface area contributed by atoms with Crippen molar-refractivity contribution in [2.75, 3.05) is 19.0 Å². The predicted molar refractivity (Wildman–Crippen MR) is 137 cm³/mol. The molecule has 0 fully saturated rings. The van der Waals surface area contributed by atoms with Gasteiger partial charge in [0.25, 0.3) is 5.69 Å². The number of carbonyl (C=O) groups is 2. The lowest BCUT2D eigenvalue weighted by molar-refractivity contribution is -0.384. The van der Waals surface area contributed by atoms with E-state index in [1.54, 1.807) is 37.6 Å². The molecule has 0 amide bonds. The summed E-state index contributed by atoms with van der Waals surface area (Å²) in [6.07, 6.45) is 0. The molecule has 0 saturated heterocycles. The summed E-state index contributed by atoms with van der Waals surface area (Å²) in [6, 6.07) is 15.8. The van der Waals surface area contributed by atoms with Crippen molar-refractivity contribution in [2.45, 2.75) is 31.6 Å². The third-order valence-corrected chi connectivity index (χ3v) is 7.42. The van der Waals surface area contributed by atoms with E-state index in [-0.39, 0.29) is 30.0 Å². The van der Waals surface area contributed by atoms with Gasteiger partial charge in [-0.05, 0) is 38.5 Å². The van der Waals surface area contributed by atoms with E-state index in [1.165, 1.54) is 29.0 Å². The summed E-state index contributed by atoms with van der Waals surface area (Å²) in [5.74, 6) is -1.66. The van der Waals surface area contributed by atoms with Crippen LogP contribution in [-0.4, -0.2) is 35.8 Å². The van der Waals surface area contributed by atoms with Gasteiger partial charge in [-0.15, -0.1) is 0 Å². The molecule has 10 heteroatoms. The quantitative estimate of drug-likeness (QED) is 0.194. The highest BCUT2D eigenvalue weighted by atomic mass is 33.1. The number of rotatable bonds is 10. The number of ether oxygens (including phenoxy) is 2. The highest BCUT2D eigenvalue weighted by Crippen LogP contribution is 2.42. The average Bonchev–Trinajstić information content (AvgIpc) is 2.84. The third-order valence-electron chi connectivity index (χ3n) is 5.15. The number of non-ortho nitro benzene ring substituents is 1. The van der Waals surface area contributed by atoms with Crippen LogP contribution < -0.4 is 5.32 Å². The van der Waals surface area contributed by atoms with Crippen molar-refractivity contribution in [1.29, 1.82) is 0 Å². The molecular formula is C25H26N2O6S2. The van der Waals surface area contributed by atoms with E-state index in [0.29, 0.717) is 22.7 Å². The molecule has 1 unspecified atom stereocenters. The van der Waals surface area contributed by atoms with Gasteiger partial charge < -0.3 is 14.8 Å². The van der Waals surface area contributed by atoms with E-state index < -0.39 is 22.8 Å². The maximum atomic E-state index is 13.2. The normalized spacial score (nSPS) is 15.5. The summed E-state index contributed by atoms with van der Waals surface area (Å²) >= 11 is 0. The first-order valence-electron chi connectivity index (χ1n) is 11.0. The van der Waals surface area contributed by atoms with E-state index in [4.69, 9.17) is 9.47 Å². The standard InChI is InChI=1S/C25H26N2O6S2/c1-4-32-24(28)21-16(3)26-20(15-34-35-19-12-7-6-8-13-19)23(25(29)33-5-2)22(21)17-10-9-11-18(14-17)27(30)31/h6-14,22,26H,4-5,15H2,1-3H3. The van der Waals surface area contributed by atoms with Crippen molar-refractivity contribution in [3.8, 4) is 0 Å². The van der Waals surface area contributed by atoms with E-state index in [1.807, 2.05) is 30.3 Å². The maximum Gasteiger partial charge on any atom is 0.336 e. The number of hydrogen-bond donors (Lipinski definition) is 1. The van der Waals surface area contributed by atoms with Gasteiger partial charge in [0, 0.05) is 34.2 Å². The number of allylic oxidation sites excluding steroid dienone is 1. The van der Waals surface area contributed by atoms with Crippen molar-refractivity contribution in [2.24, 2.45) is 0 Å². The first kappa shape index (κ1) is 26.4. The van der Waals surface area contributed by atoms with Crippen molar-refractivity contribution < 1.29 is 24.0 Å². The minimum absolute atomic E-state index is 0.138. The molecule has 1 N–H and O–H groups in total. The van der Waals surface area contributed by atoms with Gasteiger partial charge in [-0.2, -0.15) is 0 Å². The zero-order valence-corrected chi connectivity index (χ0v) is 21.2. The van der Waals surface area contributed by atoms with E-state index in [0.717, 1.165) is 4.90 Å². The maximum absolute atomic E-state index is 13.2. The predicted octanol–water partition coefficient (Wildman–Crippen LogP) is 5.38. The number of hydrogen-bond acceptors (Lipinski definition) is 9. The molecule has 0 aliphatic carbocycles. The fraction of sp³-hybridized carbons (Fsp3) is 0.280. The summed E-state index contributed by atoms with van der Waals surface area (Å²) < 4.78 is 10.7. The molecule has 184 valence electrons. The largest absolute Gasteiger partial charge is 0.463 e. The second-order valence-electron chi connectivity index (χ2n) is 7.44. The molecule has 0 aromatic heterocycles. The van der Waals surface area contributed by atoms with Gasteiger partial charge in [0.1, 0.15) is 0 Å². The van der Waals surface area contributed by atoms with Crippen LogP contribution in [0.25, 0.3) is 0 Å². The average molecular weight is 515 g/mol. The molecule has 35 heavy (non-hydrogen) atoms. The zero-order valence-electron chi connectivity index (χ0n) is 19.6. The first-order valence-corrected chi connectivity index (χ1v) is 13.3. The molecule has 8 nitrogen and oxygen atoms in total. The number of dihydropyridines is 1. The smallest absolute Gasteiger partial charge is 0.336 e. The monoisotopic (exact) mass is 514 g/mol. The number of nitrogens with one attached hydrogen (secondary N) is 1. The second-order valence-corrected chi connectivity index (χ2v) is 9.81. The summed E-state index contributed by atoms with van der Waals surface area (Å²) in [5, 5.41) is 14.7. The molecule has 1 atom stereocenters. The van der Waals surface area contributed by atoms with Gasteiger partial charge >= 0.3 is 11.9 Å². The summed E-state index contributed by atoms with van der Waals surface area (Å²) in [4.78, 5) is 38.2. The Balaban J connectivity index is 2.09. The Hall–Kier alpha value is -3.24. The highest BCUT2D eigenvalue weighted by Gasteiger charge is 2.39. The first-order chi connectivity index (χ1) is 16.9. The van der Waals surface area contributed by atoms with Crippen LogP contribution in [0, 0.1) is 10.1 Å². The van der Waals surface area contributed by atoms with Crippen LogP contribution in [0.1, 0.15) is 32.3 Å². The van der Waals surface area contributed by atoms with Gasteiger partial charge in [-0.3, -0.25) is 10.1 Å². The summed E-state index contributed by atoms with van der Waals surface area (Å²) in [6.45, 7) is 5.40. The number of nitro benzene ring substituents is 1. The Morgan fingerprint density at radius 1 is 1.00 bits per heavy atom. The number of carbonyl (C=O) groups excluding carboxylic acids is 2. The van der Waals surface area contributed by atoms with Crippen molar-refractivity contribution in [3.63, 3.8) is 0 Å². The Labute approximate surface area is 211 Å². The van der Waals surface area contributed by atoms with Crippen LogP contribution in [0.5, 0.6) is 0 Å². The van der Waals surface area contributed by atoms with Gasteiger partial charge in [-0.1, -0.05) is 51.9 Å². The molecular weight excluding hydrogens is 488 g/mol. The van der Waals surface area contributed by atoms with Gasteiger partial charge in [-0.25, -0.2) is 9.59 Å². The van der Waals surface area contributed by atoms with Crippen molar-refractivity contribution in [3.05, 3.63) is 92.8 Å².